The number of hydrogen-bond donors (Lipinski definition) is 2. The van der Waals surface area contributed by atoms with E-state index in [0.29, 0.717) is 12.2 Å². The van der Waals surface area contributed by atoms with Crippen LogP contribution in [0.4, 0.5) is 0 Å². The van der Waals surface area contributed by atoms with Crippen LogP contribution in [-0.2, 0) is 4.79 Å². The summed E-state index contributed by atoms with van der Waals surface area (Å²) in [6.07, 6.45) is 3.70. The van der Waals surface area contributed by atoms with Crippen LogP contribution in [0, 0.1) is 0 Å². The van der Waals surface area contributed by atoms with Gasteiger partial charge in [0.2, 0.25) is 6.41 Å². The van der Waals surface area contributed by atoms with E-state index in [0.717, 1.165) is 0 Å². The van der Waals surface area contributed by atoms with Gasteiger partial charge in [0, 0.05) is 19.5 Å². The van der Waals surface area contributed by atoms with Gasteiger partial charge in [-0.15, -0.1) is 0 Å². The van der Waals surface area contributed by atoms with Gasteiger partial charge in [-0.3, -0.25) is 4.79 Å². The molecule has 4 heteroatoms. The van der Waals surface area contributed by atoms with Crippen molar-refractivity contribution in [1.29, 1.82) is 0 Å². The molecule has 0 rings (SSSR count). The topological polar surface area (TPSA) is 53.5 Å². The lowest BCUT2D eigenvalue weighted by molar-refractivity contribution is -0.108. The number of nitrogens with zero attached hydrogens (tertiary/aromatic N) is 1. The predicted molar refractivity (Wildman–Crippen MR) is 40.5 cm³/mol. The van der Waals surface area contributed by atoms with Crippen LogP contribution < -0.4 is 10.6 Å². The molecule has 0 aliphatic carbocycles. The third-order valence-corrected chi connectivity index (χ3v) is 0.812. The molecule has 1 amide bonds. The first-order valence-electron chi connectivity index (χ1n) is 2.91. The Morgan fingerprint density at radius 1 is 1.60 bits per heavy atom. The van der Waals surface area contributed by atoms with Crippen molar-refractivity contribution in [3.63, 3.8) is 0 Å². The van der Waals surface area contributed by atoms with Crippen LogP contribution in [0.5, 0.6) is 0 Å². The summed E-state index contributed by atoms with van der Waals surface area (Å²) in [6, 6.07) is 0. The summed E-state index contributed by atoms with van der Waals surface area (Å²) >= 11 is 0. The molecule has 0 heterocycles. The summed E-state index contributed by atoms with van der Waals surface area (Å²) in [4.78, 5) is 13.7. The van der Waals surface area contributed by atoms with Gasteiger partial charge in [0.05, 0.1) is 0 Å². The Balaban J connectivity index is 3.90. The molecule has 0 aromatic heterocycles. The third-order valence-electron chi connectivity index (χ3n) is 0.812. The van der Waals surface area contributed by atoms with Crippen LogP contribution >= 0.6 is 0 Å². The molecule has 0 radical (unpaired) electrons. The lowest BCUT2D eigenvalue weighted by atomic mass is 10.7. The SMILES string of the molecule is CC=N/C(=C\NC=O)NC. The Kier molecular flexibility index (Phi) is 5.04. The maximum atomic E-state index is 9.79. The molecule has 0 aliphatic heterocycles. The van der Waals surface area contributed by atoms with E-state index in [1.165, 1.54) is 6.20 Å². The number of rotatable bonds is 4. The summed E-state index contributed by atoms with van der Waals surface area (Å²) in [6.45, 7) is 1.80. The summed E-state index contributed by atoms with van der Waals surface area (Å²) < 4.78 is 0. The fourth-order valence-corrected chi connectivity index (χ4v) is 0.426. The summed E-state index contributed by atoms with van der Waals surface area (Å²) in [5, 5.41) is 5.14. The van der Waals surface area contributed by atoms with Crippen LogP contribution in [0.3, 0.4) is 0 Å². The second-order valence-corrected chi connectivity index (χ2v) is 1.45. The quantitative estimate of drug-likeness (QED) is 0.422. The van der Waals surface area contributed by atoms with E-state index in [1.54, 1.807) is 20.2 Å². The Labute approximate surface area is 60.0 Å². The molecule has 0 unspecified atom stereocenters. The van der Waals surface area contributed by atoms with E-state index in [-0.39, 0.29) is 0 Å². The van der Waals surface area contributed by atoms with Crippen molar-refractivity contribution in [2.45, 2.75) is 6.92 Å². The zero-order chi connectivity index (χ0) is 7.82. The van der Waals surface area contributed by atoms with Crippen molar-refractivity contribution in [2.24, 2.45) is 4.99 Å². The van der Waals surface area contributed by atoms with E-state index in [2.05, 4.69) is 15.6 Å². The average molecular weight is 141 g/mol. The van der Waals surface area contributed by atoms with E-state index in [9.17, 15) is 4.79 Å². The molecule has 0 bridgehead atoms. The highest BCUT2D eigenvalue weighted by molar-refractivity contribution is 5.55. The van der Waals surface area contributed by atoms with Crippen LogP contribution in [0.1, 0.15) is 6.92 Å². The van der Waals surface area contributed by atoms with Gasteiger partial charge in [0.1, 0.15) is 5.82 Å². The van der Waals surface area contributed by atoms with Gasteiger partial charge >= 0.3 is 0 Å². The van der Waals surface area contributed by atoms with Crippen molar-refractivity contribution in [3.05, 3.63) is 12.0 Å². The van der Waals surface area contributed by atoms with Gasteiger partial charge in [-0.2, -0.15) is 0 Å². The smallest absolute Gasteiger partial charge is 0.211 e. The summed E-state index contributed by atoms with van der Waals surface area (Å²) in [7, 11) is 1.73. The molecule has 0 saturated heterocycles. The largest absolute Gasteiger partial charge is 0.372 e. The minimum absolute atomic E-state index is 0.586. The second-order valence-electron chi connectivity index (χ2n) is 1.45. The lowest BCUT2D eigenvalue weighted by Crippen LogP contribution is -2.09. The average Bonchev–Trinajstić information content (AvgIpc) is 1.98. The fraction of sp³-hybridized carbons (Fsp3) is 0.333. The number of aliphatic imine (C=N–C) groups is 1. The van der Waals surface area contributed by atoms with Gasteiger partial charge in [0.15, 0.2) is 0 Å². The number of nitrogens with one attached hydrogen (secondary N) is 2. The van der Waals surface area contributed by atoms with Crippen molar-refractivity contribution in [2.75, 3.05) is 7.05 Å². The zero-order valence-corrected chi connectivity index (χ0v) is 6.09. The van der Waals surface area contributed by atoms with Gasteiger partial charge in [0.25, 0.3) is 0 Å². The fourth-order valence-electron chi connectivity index (χ4n) is 0.426. The highest BCUT2D eigenvalue weighted by Gasteiger charge is 1.82. The van der Waals surface area contributed by atoms with Crippen LogP contribution in [0.25, 0.3) is 0 Å². The Hall–Kier alpha value is -1.32. The van der Waals surface area contributed by atoms with E-state index >= 15 is 0 Å². The van der Waals surface area contributed by atoms with Crippen molar-refractivity contribution in [1.82, 2.24) is 10.6 Å². The molecular formula is C6H11N3O. The number of hydrogen-bond acceptors (Lipinski definition) is 3. The molecule has 0 atom stereocenters. The highest BCUT2D eigenvalue weighted by Crippen LogP contribution is 1.83. The van der Waals surface area contributed by atoms with Crippen LogP contribution in [0.2, 0.25) is 0 Å². The molecule has 0 saturated carbocycles. The second kappa shape index (κ2) is 5.81. The number of amides is 1. The lowest BCUT2D eigenvalue weighted by Gasteiger charge is -1.96. The van der Waals surface area contributed by atoms with Crippen molar-refractivity contribution < 1.29 is 4.79 Å². The molecule has 0 aliphatic rings. The minimum atomic E-state index is 0.586. The Morgan fingerprint density at radius 2 is 2.30 bits per heavy atom. The highest BCUT2D eigenvalue weighted by atomic mass is 16.1. The maximum absolute atomic E-state index is 9.79. The Morgan fingerprint density at radius 3 is 2.70 bits per heavy atom. The molecule has 0 aromatic rings. The number of carbonyl (C=O) groups excluding carboxylic acids is 1. The first-order valence-corrected chi connectivity index (χ1v) is 2.91. The summed E-state index contributed by atoms with van der Waals surface area (Å²) in [5.41, 5.74) is 0. The molecule has 4 nitrogen and oxygen atoms in total. The molecule has 0 fully saturated rings. The molecule has 0 aromatic carbocycles. The van der Waals surface area contributed by atoms with Gasteiger partial charge in [-0.25, -0.2) is 4.99 Å². The molecule has 0 spiro atoms. The monoisotopic (exact) mass is 141 g/mol. The van der Waals surface area contributed by atoms with Gasteiger partial charge < -0.3 is 10.6 Å². The third kappa shape index (κ3) is 3.65. The van der Waals surface area contributed by atoms with Gasteiger partial charge in [-0.1, -0.05) is 0 Å². The van der Waals surface area contributed by atoms with E-state index in [4.69, 9.17) is 0 Å². The molecule has 10 heavy (non-hydrogen) atoms. The summed E-state index contributed by atoms with van der Waals surface area (Å²) in [5.74, 6) is 0.620. The van der Waals surface area contributed by atoms with Crippen molar-refractivity contribution in [3.8, 4) is 0 Å². The van der Waals surface area contributed by atoms with E-state index in [1.807, 2.05) is 0 Å². The number of carbonyl (C=O) groups is 1. The van der Waals surface area contributed by atoms with E-state index < -0.39 is 0 Å². The normalized spacial score (nSPS) is 11.6. The molecule has 56 valence electrons. The maximum Gasteiger partial charge on any atom is 0.211 e. The van der Waals surface area contributed by atoms with Crippen LogP contribution in [0.15, 0.2) is 17.0 Å². The zero-order valence-electron chi connectivity index (χ0n) is 6.09. The Bertz CT molecular complexity index is 151. The molecule has 2 N–H and O–H groups in total. The van der Waals surface area contributed by atoms with Crippen molar-refractivity contribution >= 4 is 12.6 Å². The molecular weight excluding hydrogens is 130 g/mol. The van der Waals surface area contributed by atoms with Crippen LogP contribution in [-0.4, -0.2) is 19.7 Å². The first-order chi connectivity index (χ1) is 4.85. The predicted octanol–water partition coefficient (Wildman–Crippen LogP) is -0.159. The standard InChI is InChI=1S/C6H11N3O/c1-3-9-6(7-2)4-8-5-10/h3-5,7H,1-2H3,(H,8,10)/b6-4-,9-3?. The minimum Gasteiger partial charge on any atom is -0.372 e. The van der Waals surface area contributed by atoms with Gasteiger partial charge in [-0.05, 0) is 6.92 Å². The first kappa shape index (κ1) is 8.68.